The second-order valence-corrected chi connectivity index (χ2v) is 13.5. The van der Waals surface area contributed by atoms with Gasteiger partial charge >= 0.3 is 0 Å². The number of nitrogens with one attached hydrogen (secondary N) is 3. The molecule has 6 nitrogen and oxygen atoms in total. The monoisotopic (exact) mass is 535 g/mol. The highest BCUT2D eigenvalue weighted by Gasteiger charge is 2.61. The number of hydrogen-bond acceptors (Lipinski definition) is 4. The van der Waals surface area contributed by atoms with Crippen LogP contribution in [0.1, 0.15) is 69.7 Å². The first kappa shape index (κ1) is 26.9. The fourth-order valence-corrected chi connectivity index (χ4v) is 8.06. The molecular weight excluding hydrogens is 494 g/mol. The lowest BCUT2D eigenvalue weighted by atomic mass is 9.57. The molecule has 2 aromatic heterocycles. The Morgan fingerprint density at radius 3 is 2.68 bits per heavy atom. The standard InChI is InChI=1S/C31H41N3O3S/c1-29(2)19-26(34-28(36)17-22-7-6-16-38-22)31(14-13-30(3,37)18-25(29)31)12-10-27(35)32-15-11-21-20-33-24-9-5-4-8-23(21)24/h4-9,16,20,25-26,33,37H,10-15,17-19H2,1-3H3,(H,32,35)(H,34,36)/t25-,26-,30-,31-/m0/s1. The summed E-state index contributed by atoms with van der Waals surface area (Å²) in [7, 11) is 0. The van der Waals surface area contributed by atoms with Crippen molar-refractivity contribution in [2.24, 2.45) is 16.7 Å². The SMILES string of the molecule is CC1(C)C[C@H](NC(=O)Cc2cccs2)[C@@]2(CCC(=O)NCCc3c[nH]c4ccccc34)CC[C@](C)(O)C[C@@H]12. The van der Waals surface area contributed by atoms with E-state index in [9.17, 15) is 14.7 Å². The van der Waals surface area contributed by atoms with Crippen LogP contribution >= 0.6 is 11.3 Å². The van der Waals surface area contributed by atoms with Gasteiger partial charge in [-0.3, -0.25) is 9.59 Å². The number of aliphatic hydroxyl groups is 1. The van der Waals surface area contributed by atoms with E-state index in [2.05, 4.69) is 41.6 Å². The van der Waals surface area contributed by atoms with Crippen LogP contribution in [0.5, 0.6) is 0 Å². The molecule has 0 saturated heterocycles. The number of aromatic amines is 1. The van der Waals surface area contributed by atoms with Crippen molar-refractivity contribution in [2.45, 2.75) is 83.8 Å². The summed E-state index contributed by atoms with van der Waals surface area (Å²) in [5.41, 5.74) is 1.40. The summed E-state index contributed by atoms with van der Waals surface area (Å²) in [4.78, 5) is 30.5. The Morgan fingerprint density at radius 1 is 1.08 bits per heavy atom. The molecule has 2 fully saturated rings. The largest absolute Gasteiger partial charge is 0.390 e. The number of amides is 2. The van der Waals surface area contributed by atoms with Crippen molar-refractivity contribution in [1.82, 2.24) is 15.6 Å². The molecule has 0 bridgehead atoms. The molecule has 4 N–H and O–H groups in total. The molecule has 0 radical (unpaired) electrons. The summed E-state index contributed by atoms with van der Waals surface area (Å²) in [6, 6.07) is 12.2. The Hall–Kier alpha value is -2.64. The number of H-pyrrole nitrogens is 1. The van der Waals surface area contributed by atoms with Crippen molar-refractivity contribution < 1.29 is 14.7 Å². The predicted molar refractivity (Wildman–Crippen MR) is 153 cm³/mol. The maximum atomic E-state index is 13.1. The second-order valence-electron chi connectivity index (χ2n) is 12.5. The fourth-order valence-electron chi connectivity index (χ4n) is 7.36. The number of carbonyl (C=O) groups is 2. The maximum Gasteiger partial charge on any atom is 0.225 e. The van der Waals surface area contributed by atoms with Gasteiger partial charge < -0.3 is 20.7 Å². The predicted octanol–water partition coefficient (Wildman–Crippen LogP) is 5.36. The molecule has 3 aromatic rings. The lowest BCUT2D eigenvalue weighted by molar-refractivity contribution is -0.124. The van der Waals surface area contributed by atoms with E-state index >= 15 is 0 Å². The van der Waals surface area contributed by atoms with Crippen LogP contribution in [0.2, 0.25) is 0 Å². The molecule has 0 unspecified atom stereocenters. The number of carbonyl (C=O) groups excluding carboxylic acids is 2. The minimum Gasteiger partial charge on any atom is -0.390 e. The van der Waals surface area contributed by atoms with Crippen molar-refractivity contribution in [3.8, 4) is 0 Å². The summed E-state index contributed by atoms with van der Waals surface area (Å²) < 4.78 is 0. The van der Waals surface area contributed by atoms with Crippen LogP contribution in [0.15, 0.2) is 48.0 Å². The molecule has 2 heterocycles. The van der Waals surface area contributed by atoms with E-state index in [-0.39, 0.29) is 34.6 Å². The maximum absolute atomic E-state index is 13.1. The minimum atomic E-state index is -0.705. The molecule has 4 atom stereocenters. The van der Waals surface area contributed by atoms with Gasteiger partial charge in [0.2, 0.25) is 11.8 Å². The average molecular weight is 536 g/mol. The number of fused-ring (bicyclic) bond motifs is 2. The average Bonchev–Trinajstić information content (AvgIpc) is 3.57. The molecule has 38 heavy (non-hydrogen) atoms. The van der Waals surface area contributed by atoms with Gasteiger partial charge in [-0.25, -0.2) is 0 Å². The Balaban J connectivity index is 1.25. The van der Waals surface area contributed by atoms with Crippen LogP contribution < -0.4 is 10.6 Å². The Bertz CT molecular complexity index is 1280. The quantitative estimate of drug-likeness (QED) is 0.297. The van der Waals surface area contributed by atoms with Crippen LogP contribution in [-0.2, 0) is 22.4 Å². The van der Waals surface area contributed by atoms with E-state index in [1.165, 1.54) is 10.9 Å². The van der Waals surface area contributed by atoms with Crippen molar-refractivity contribution in [1.29, 1.82) is 0 Å². The summed E-state index contributed by atoms with van der Waals surface area (Å²) in [6.07, 6.45) is 7.44. The van der Waals surface area contributed by atoms with Gasteiger partial charge in [-0.05, 0) is 85.3 Å². The summed E-state index contributed by atoms with van der Waals surface area (Å²) in [5.74, 6) is 0.349. The number of para-hydroxylation sites is 1. The second kappa shape index (κ2) is 10.5. The third-order valence-corrected chi connectivity index (χ3v) is 10.2. The normalized spacial score (nSPS) is 28.2. The molecule has 2 amide bonds. The number of benzene rings is 1. The first-order chi connectivity index (χ1) is 18.1. The first-order valence-electron chi connectivity index (χ1n) is 13.9. The van der Waals surface area contributed by atoms with E-state index in [4.69, 9.17) is 0 Å². The van der Waals surface area contributed by atoms with Gasteiger partial charge in [-0.15, -0.1) is 11.3 Å². The molecule has 2 aliphatic carbocycles. The third-order valence-electron chi connectivity index (χ3n) is 9.29. The van der Waals surface area contributed by atoms with E-state index in [0.717, 1.165) is 36.1 Å². The summed E-state index contributed by atoms with van der Waals surface area (Å²) >= 11 is 1.60. The van der Waals surface area contributed by atoms with Crippen LogP contribution in [0.3, 0.4) is 0 Å². The molecule has 2 aliphatic rings. The zero-order chi connectivity index (χ0) is 27.0. The lowest BCUT2D eigenvalue weighted by Crippen LogP contribution is -2.53. The molecule has 5 rings (SSSR count). The minimum absolute atomic E-state index is 0.00471. The van der Waals surface area contributed by atoms with E-state index in [0.29, 0.717) is 32.2 Å². The van der Waals surface area contributed by atoms with Crippen LogP contribution in [0.25, 0.3) is 10.9 Å². The first-order valence-corrected chi connectivity index (χ1v) is 14.8. The molecule has 7 heteroatoms. The highest BCUT2D eigenvalue weighted by atomic mass is 32.1. The molecular formula is C31H41N3O3S. The Labute approximate surface area is 229 Å². The number of rotatable bonds is 9. The molecule has 2 saturated carbocycles. The van der Waals surface area contributed by atoms with E-state index in [1.54, 1.807) is 11.3 Å². The molecule has 0 aliphatic heterocycles. The summed E-state index contributed by atoms with van der Waals surface area (Å²) in [6.45, 7) is 7.06. The highest BCUT2D eigenvalue weighted by Crippen LogP contribution is 2.63. The van der Waals surface area contributed by atoms with Gasteiger partial charge in [0.25, 0.3) is 0 Å². The van der Waals surface area contributed by atoms with Gasteiger partial charge in [0.1, 0.15) is 0 Å². The van der Waals surface area contributed by atoms with Crippen LogP contribution in [0, 0.1) is 16.7 Å². The highest BCUT2D eigenvalue weighted by molar-refractivity contribution is 7.10. The smallest absolute Gasteiger partial charge is 0.225 e. The van der Waals surface area contributed by atoms with E-state index < -0.39 is 5.60 Å². The van der Waals surface area contributed by atoms with Gasteiger partial charge in [-0.1, -0.05) is 38.1 Å². The van der Waals surface area contributed by atoms with E-state index in [1.807, 2.05) is 42.8 Å². The zero-order valence-corrected chi connectivity index (χ0v) is 23.6. The van der Waals surface area contributed by atoms with Crippen LogP contribution in [0.4, 0.5) is 0 Å². The van der Waals surface area contributed by atoms with Gasteiger partial charge in [0.05, 0.1) is 12.0 Å². The van der Waals surface area contributed by atoms with Gasteiger partial charge in [0, 0.05) is 41.0 Å². The molecule has 0 spiro atoms. The third kappa shape index (κ3) is 5.55. The molecule has 204 valence electrons. The van der Waals surface area contributed by atoms with Crippen LogP contribution in [-0.4, -0.2) is 40.1 Å². The Kier molecular flexibility index (Phi) is 7.44. The Morgan fingerprint density at radius 2 is 1.89 bits per heavy atom. The lowest BCUT2D eigenvalue weighted by Gasteiger charge is -2.50. The number of aromatic nitrogens is 1. The summed E-state index contributed by atoms with van der Waals surface area (Å²) in [5, 5.41) is 20.7. The van der Waals surface area contributed by atoms with Crippen molar-refractivity contribution in [3.63, 3.8) is 0 Å². The van der Waals surface area contributed by atoms with Gasteiger partial charge in [0.15, 0.2) is 0 Å². The molecule has 1 aromatic carbocycles. The zero-order valence-electron chi connectivity index (χ0n) is 22.8. The fraction of sp³-hybridized carbons (Fsp3) is 0.548. The van der Waals surface area contributed by atoms with Crippen molar-refractivity contribution in [3.05, 3.63) is 58.4 Å². The van der Waals surface area contributed by atoms with Crippen molar-refractivity contribution >= 4 is 34.1 Å². The van der Waals surface area contributed by atoms with Gasteiger partial charge in [-0.2, -0.15) is 0 Å². The van der Waals surface area contributed by atoms with Crippen molar-refractivity contribution in [2.75, 3.05) is 6.54 Å². The number of hydrogen-bond donors (Lipinski definition) is 4. The topological polar surface area (TPSA) is 94.2 Å². The number of thiophene rings is 1.